The predicted molar refractivity (Wildman–Crippen MR) is 107 cm³/mol. The molecule has 0 N–H and O–H groups in total. The second-order valence-corrected chi connectivity index (χ2v) is 9.24. The Kier molecular flexibility index (Phi) is 4.39. The van der Waals surface area contributed by atoms with Crippen LogP contribution in [0, 0.1) is 27.4 Å². The Labute approximate surface area is 163 Å². The molecule has 0 aliphatic heterocycles. The zero-order valence-electron chi connectivity index (χ0n) is 16.3. The third-order valence-electron chi connectivity index (χ3n) is 6.86. The molecule has 0 spiro atoms. The number of nitro benzene ring substituents is 1. The molecule has 1 aromatic heterocycles. The summed E-state index contributed by atoms with van der Waals surface area (Å²) in [6, 6.07) is 6.85. The molecule has 27 heavy (non-hydrogen) atoms. The average Bonchev–Trinajstić information content (AvgIpc) is 2.97. The van der Waals surface area contributed by atoms with E-state index in [0.717, 1.165) is 5.01 Å². The van der Waals surface area contributed by atoms with Crippen LogP contribution in [0.15, 0.2) is 29.6 Å². The van der Waals surface area contributed by atoms with E-state index in [4.69, 9.17) is 9.72 Å². The van der Waals surface area contributed by atoms with E-state index in [9.17, 15) is 10.1 Å². The predicted octanol–water partition coefficient (Wildman–Crippen LogP) is 5.45. The number of thiazole rings is 1. The second-order valence-electron chi connectivity index (χ2n) is 8.39. The minimum absolute atomic E-state index is 0.0762. The van der Waals surface area contributed by atoms with Gasteiger partial charge in [-0.25, -0.2) is 4.98 Å². The van der Waals surface area contributed by atoms with E-state index in [2.05, 4.69) is 27.7 Å². The molecule has 1 aromatic carbocycles. The Morgan fingerprint density at radius 1 is 1.33 bits per heavy atom. The maximum absolute atomic E-state index is 11.4. The van der Waals surface area contributed by atoms with Crippen LogP contribution < -0.4 is 0 Å². The fourth-order valence-corrected chi connectivity index (χ4v) is 6.82. The largest absolute Gasteiger partial charge is 0.377 e. The highest BCUT2D eigenvalue weighted by Gasteiger charge is 2.78. The van der Waals surface area contributed by atoms with Crippen molar-refractivity contribution in [1.29, 1.82) is 0 Å². The lowest BCUT2D eigenvalue weighted by atomic mass is 9.77. The van der Waals surface area contributed by atoms with Crippen LogP contribution in [0.1, 0.15) is 45.5 Å². The zero-order valence-corrected chi connectivity index (χ0v) is 17.1. The van der Waals surface area contributed by atoms with Crippen LogP contribution in [0.25, 0.3) is 11.3 Å². The molecule has 2 fully saturated rings. The van der Waals surface area contributed by atoms with Gasteiger partial charge in [0.25, 0.3) is 5.69 Å². The van der Waals surface area contributed by atoms with Crippen molar-refractivity contribution >= 4 is 17.0 Å². The summed E-state index contributed by atoms with van der Waals surface area (Å²) < 4.78 is 6.28. The second kappa shape index (κ2) is 6.38. The molecule has 0 saturated heterocycles. The fraction of sp³-hybridized carbons (Fsp3) is 0.571. The maximum atomic E-state index is 11.4. The molecule has 144 valence electrons. The molecule has 6 heteroatoms. The summed E-state index contributed by atoms with van der Waals surface area (Å²) >= 11 is 1.63. The van der Waals surface area contributed by atoms with Gasteiger partial charge in [0, 0.05) is 18.1 Å². The summed E-state index contributed by atoms with van der Waals surface area (Å²) in [5.41, 5.74) is 1.46. The number of hydrogen-bond donors (Lipinski definition) is 0. The SMILES string of the molecule is CCOC1C(C)CCC2C(C)(C)C12c1nc(-c2ccccc2[N+](=O)[O-])cs1. The van der Waals surface area contributed by atoms with Crippen molar-refractivity contribution in [3.8, 4) is 11.3 Å². The number of hydrogen-bond acceptors (Lipinski definition) is 5. The topological polar surface area (TPSA) is 65.3 Å². The van der Waals surface area contributed by atoms with Crippen LogP contribution in [0.3, 0.4) is 0 Å². The molecule has 4 unspecified atom stereocenters. The molecule has 2 aliphatic carbocycles. The number of benzene rings is 1. The van der Waals surface area contributed by atoms with Gasteiger partial charge in [0.2, 0.25) is 0 Å². The van der Waals surface area contributed by atoms with Crippen LogP contribution in [0.2, 0.25) is 0 Å². The van der Waals surface area contributed by atoms with Crippen molar-refractivity contribution in [1.82, 2.24) is 4.98 Å². The Hall–Kier alpha value is -1.79. The third-order valence-corrected chi connectivity index (χ3v) is 7.85. The van der Waals surface area contributed by atoms with Crippen molar-refractivity contribution in [3.63, 3.8) is 0 Å². The van der Waals surface area contributed by atoms with E-state index in [1.165, 1.54) is 12.8 Å². The van der Waals surface area contributed by atoms with Gasteiger partial charge in [-0.1, -0.05) is 32.9 Å². The molecule has 1 heterocycles. The van der Waals surface area contributed by atoms with Crippen LogP contribution in [0.5, 0.6) is 0 Å². The van der Waals surface area contributed by atoms with Gasteiger partial charge in [-0.3, -0.25) is 10.1 Å². The summed E-state index contributed by atoms with van der Waals surface area (Å²) in [5.74, 6) is 1.05. The van der Waals surface area contributed by atoms with Crippen LogP contribution >= 0.6 is 11.3 Å². The minimum Gasteiger partial charge on any atom is -0.377 e. The van der Waals surface area contributed by atoms with Gasteiger partial charge in [-0.05, 0) is 43.1 Å². The number of nitro groups is 1. The van der Waals surface area contributed by atoms with Crippen molar-refractivity contribution in [3.05, 3.63) is 44.8 Å². The standard InChI is InChI=1S/C21H26N2O3S/c1-5-26-18-13(2)10-11-17-20(3,4)21(17,18)19-22-15(12-27-19)14-8-6-7-9-16(14)23(24)25/h6-9,12-13,17-18H,5,10-11H2,1-4H3. The number of aromatic nitrogens is 1. The first-order chi connectivity index (χ1) is 12.9. The molecular weight excluding hydrogens is 360 g/mol. The Bertz CT molecular complexity index is 878. The molecule has 2 aliphatic rings. The van der Waals surface area contributed by atoms with Crippen LogP contribution in [0.4, 0.5) is 5.69 Å². The third kappa shape index (κ3) is 2.49. The first-order valence-electron chi connectivity index (χ1n) is 9.67. The van der Waals surface area contributed by atoms with Crippen molar-refractivity contribution in [2.75, 3.05) is 6.61 Å². The number of para-hydroxylation sites is 1. The van der Waals surface area contributed by atoms with E-state index in [1.807, 2.05) is 11.4 Å². The highest BCUT2D eigenvalue weighted by molar-refractivity contribution is 7.10. The van der Waals surface area contributed by atoms with Crippen molar-refractivity contribution in [2.45, 2.75) is 52.1 Å². The van der Waals surface area contributed by atoms with E-state index in [0.29, 0.717) is 29.7 Å². The first-order valence-corrected chi connectivity index (χ1v) is 10.5. The van der Waals surface area contributed by atoms with Gasteiger partial charge in [0.05, 0.1) is 27.7 Å². The van der Waals surface area contributed by atoms with Gasteiger partial charge in [-0.2, -0.15) is 0 Å². The number of rotatable bonds is 5. The van der Waals surface area contributed by atoms with E-state index in [1.54, 1.807) is 29.5 Å². The Morgan fingerprint density at radius 3 is 2.78 bits per heavy atom. The molecule has 2 aromatic rings. The molecule has 0 amide bonds. The fourth-order valence-electron chi connectivity index (χ4n) is 5.55. The Balaban J connectivity index is 1.79. The summed E-state index contributed by atoms with van der Waals surface area (Å²) in [4.78, 5) is 16.0. The van der Waals surface area contributed by atoms with Crippen LogP contribution in [-0.4, -0.2) is 22.6 Å². The van der Waals surface area contributed by atoms with Gasteiger partial charge in [0.1, 0.15) is 5.01 Å². The lowest BCUT2D eigenvalue weighted by Gasteiger charge is -2.36. The van der Waals surface area contributed by atoms with Crippen LogP contribution in [-0.2, 0) is 10.2 Å². The molecule has 0 radical (unpaired) electrons. The quantitative estimate of drug-likeness (QED) is 0.506. The number of nitrogens with zero attached hydrogens (tertiary/aromatic N) is 2. The minimum atomic E-state index is -0.331. The Morgan fingerprint density at radius 2 is 2.07 bits per heavy atom. The van der Waals surface area contributed by atoms with Gasteiger partial charge < -0.3 is 4.74 Å². The molecular formula is C21H26N2O3S. The smallest absolute Gasteiger partial charge is 0.278 e. The molecule has 5 nitrogen and oxygen atoms in total. The molecule has 0 bridgehead atoms. The zero-order chi connectivity index (χ0) is 19.4. The average molecular weight is 387 g/mol. The van der Waals surface area contributed by atoms with Crippen molar-refractivity contribution in [2.24, 2.45) is 17.3 Å². The first kappa shape index (κ1) is 18.6. The lowest BCUT2D eigenvalue weighted by Crippen LogP contribution is -2.41. The van der Waals surface area contributed by atoms with Gasteiger partial charge in [0.15, 0.2) is 0 Å². The summed E-state index contributed by atoms with van der Waals surface area (Å²) in [5, 5.41) is 14.5. The van der Waals surface area contributed by atoms with E-state index in [-0.39, 0.29) is 27.5 Å². The monoisotopic (exact) mass is 386 g/mol. The number of ether oxygens (including phenoxy) is 1. The highest BCUT2D eigenvalue weighted by Crippen LogP contribution is 2.76. The van der Waals surface area contributed by atoms with E-state index < -0.39 is 0 Å². The molecule has 4 atom stereocenters. The van der Waals surface area contributed by atoms with Crippen molar-refractivity contribution < 1.29 is 9.66 Å². The maximum Gasteiger partial charge on any atom is 0.278 e. The van der Waals surface area contributed by atoms with Gasteiger partial charge >= 0.3 is 0 Å². The highest BCUT2D eigenvalue weighted by atomic mass is 32.1. The summed E-state index contributed by atoms with van der Waals surface area (Å²) in [6.45, 7) is 9.69. The summed E-state index contributed by atoms with van der Waals surface area (Å²) in [6.07, 6.45) is 2.53. The normalized spacial score (nSPS) is 31.3. The molecule has 4 rings (SSSR count). The number of fused-ring (bicyclic) bond motifs is 1. The molecule has 2 saturated carbocycles. The summed E-state index contributed by atoms with van der Waals surface area (Å²) in [7, 11) is 0. The van der Waals surface area contributed by atoms with E-state index >= 15 is 0 Å². The lowest BCUT2D eigenvalue weighted by molar-refractivity contribution is -0.384. The van der Waals surface area contributed by atoms with Gasteiger partial charge in [-0.15, -0.1) is 11.3 Å².